The molecule has 3 atom stereocenters. The van der Waals surface area contributed by atoms with Gasteiger partial charge < -0.3 is 19.3 Å². The number of carbonyl (C=O) groups is 1. The van der Waals surface area contributed by atoms with Crippen LogP contribution in [0, 0.1) is 0 Å². The van der Waals surface area contributed by atoms with Crippen LogP contribution in [0.1, 0.15) is 18.2 Å². The maximum absolute atomic E-state index is 11.9. The summed E-state index contributed by atoms with van der Waals surface area (Å²) >= 11 is 3.05. The van der Waals surface area contributed by atoms with Crippen molar-refractivity contribution < 1.29 is 24.1 Å². The van der Waals surface area contributed by atoms with E-state index in [1.165, 1.54) is 21.8 Å². The Morgan fingerprint density at radius 1 is 1.61 bits per heavy atom. The molecule has 0 saturated carbocycles. The Bertz CT molecular complexity index is 711. The molecule has 1 aromatic heterocycles. The molecule has 0 aromatic carbocycles. The molecule has 2 rings (SSSR count). The molecule has 2 heterocycles. The van der Waals surface area contributed by atoms with Gasteiger partial charge in [0.15, 0.2) is 0 Å². The van der Waals surface area contributed by atoms with Crippen molar-refractivity contribution in [2.45, 2.75) is 24.9 Å². The van der Waals surface area contributed by atoms with Gasteiger partial charge in [0.1, 0.15) is 18.9 Å². The third-order valence-corrected chi connectivity index (χ3v) is 3.55. The molecule has 2 N–H and O–H groups in total. The highest BCUT2D eigenvalue weighted by atomic mass is 79.9. The minimum atomic E-state index is -0.932. The van der Waals surface area contributed by atoms with Crippen molar-refractivity contribution in [2.24, 2.45) is 0 Å². The number of nitrogens with one attached hydrogen (secondary N) is 1. The van der Waals surface area contributed by atoms with Gasteiger partial charge in [-0.1, -0.05) is 15.9 Å². The molecule has 1 aliphatic rings. The summed E-state index contributed by atoms with van der Waals surface area (Å²) in [7, 11) is 1.16. The molecule has 0 radical (unpaired) electrons. The molecular weight excluding hydrogens is 376 g/mol. The molecule has 1 fully saturated rings. The molecule has 126 valence electrons. The average molecular weight is 391 g/mol. The summed E-state index contributed by atoms with van der Waals surface area (Å²) in [6.07, 6.45) is -0.499. The Kier molecular flexibility index (Phi) is 5.74. The van der Waals surface area contributed by atoms with Crippen molar-refractivity contribution in [3.8, 4) is 0 Å². The highest BCUT2D eigenvalue weighted by Crippen LogP contribution is 2.27. The molecule has 23 heavy (non-hydrogen) atoms. The van der Waals surface area contributed by atoms with Crippen molar-refractivity contribution in [1.29, 1.82) is 0 Å². The molecule has 1 saturated heterocycles. The Balaban J connectivity index is 2.17. The van der Waals surface area contributed by atoms with Gasteiger partial charge in [-0.3, -0.25) is 14.3 Å². The van der Waals surface area contributed by atoms with E-state index in [0.717, 1.165) is 7.11 Å². The van der Waals surface area contributed by atoms with E-state index in [9.17, 15) is 19.5 Å². The topological polar surface area (TPSA) is 120 Å². The lowest BCUT2D eigenvalue weighted by Gasteiger charge is -2.16. The maximum Gasteiger partial charge on any atom is 0.508 e. The summed E-state index contributed by atoms with van der Waals surface area (Å²) in [5, 5.41) is 9.96. The molecule has 0 spiro atoms. The number of nitrogens with zero attached hydrogens (tertiary/aromatic N) is 1. The lowest BCUT2D eigenvalue weighted by molar-refractivity contribution is -0.0567. The lowest BCUT2D eigenvalue weighted by atomic mass is 10.2. The number of aliphatic hydroxyl groups is 1. The predicted molar refractivity (Wildman–Crippen MR) is 82.2 cm³/mol. The third kappa shape index (κ3) is 4.09. The molecule has 0 aliphatic carbocycles. The smallest absolute Gasteiger partial charge is 0.438 e. The number of hydrogen-bond acceptors (Lipinski definition) is 7. The highest BCUT2D eigenvalue weighted by Gasteiger charge is 2.36. The fraction of sp³-hybridized carbons (Fsp3) is 0.462. The van der Waals surface area contributed by atoms with Crippen LogP contribution in [0.3, 0.4) is 0 Å². The van der Waals surface area contributed by atoms with E-state index in [-0.39, 0.29) is 18.6 Å². The van der Waals surface area contributed by atoms with Crippen LogP contribution in [0.25, 0.3) is 6.08 Å². The summed E-state index contributed by atoms with van der Waals surface area (Å²) in [5.41, 5.74) is -0.951. The van der Waals surface area contributed by atoms with Crippen LogP contribution >= 0.6 is 15.9 Å². The number of aromatic amines is 1. The van der Waals surface area contributed by atoms with Crippen LogP contribution in [0.15, 0.2) is 20.8 Å². The predicted octanol–water partition coefficient (Wildman–Crippen LogP) is 0.334. The fourth-order valence-corrected chi connectivity index (χ4v) is 2.43. The van der Waals surface area contributed by atoms with Gasteiger partial charge in [0, 0.05) is 12.6 Å². The van der Waals surface area contributed by atoms with E-state index in [2.05, 4.69) is 25.7 Å². The van der Waals surface area contributed by atoms with Crippen LogP contribution in [0.5, 0.6) is 0 Å². The Hall–Kier alpha value is -1.91. The quantitative estimate of drug-likeness (QED) is 0.710. The van der Waals surface area contributed by atoms with Crippen LogP contribution in [0.2, 0.25) is 0 Å². The number of halogens is 1. The van der Waals surface area contributed by atoms with Gasteiger partial charge in [0.2, 0.25) is 0 Å². The number of aliphatic hydroxyl groups excluding tert-OH is 1. The monoisotopic (exact) mass is 390 g/mol. The first-order valence-corrected chi connectivity index (χ1v) is 7.54. The number of carbonyl (C=O) groups excluding carboxylic acids is 1. The number of aromatic nitrogens is 2. The molecular formula is C13H15BrN2O7. The maximum atomic E-state index is 11.9. The number of ether oxygens (including phenoxy) is 3. The van der Waals surface area contributed by atoms with Crippen molar-refractivity contribution in [3.63, 3.8) is 0 Å². The summed E-state index contributed by atoms with van der Waals surface area (Å²) in [6.45, 7) is -0.212. The Morgan fingerprint density at radius 2 is 2.35 bits per heavy atom. The van der Waals surface area contributed by atoms with Gasteiger partial charge in [-0.05, 0) is 11.1 Å². The molecule has 1 aromatic rings. The van der Waals surface area contributed by atoms with Crippen molar-refractivity contribution in [1.82, 2.24) is 9.55 Å². The van der Waals surface area contributed by atoms with Gasteiger partial charge in [0.05, 0.1) is 18.8 Å². The van der Waals surface area contributed by atoms with Crippen molar-refractivity contribution in [2.75, 3.05) is 13.7 Å². The zero-order valence-electron chi connectivity index (χ0n) is 12.1. The zero-order valence-corrected chi connectivity index (χ0v) is 13.7. The van der Waals surface area contributed by atoms with Crippen LogP contribution < -0.4 is 11.2 Å². The van der Waals surface area contributed by atoms with Crippen molar-refractivity contribution in [3.05, 3.63) is 37.6 Å². The Labute approximate surface area is 138 Å². The van der Waals surface area contributed by atoms with E-state index in [0.29, 0.717) is 0 Å². The van der Waals surface area contributed by atoms with E-state index in [4.69, 9.17) is 9.47 Å². The standard InChI is InChI=1S/C13H15BrN2O7/c1-21-13(20)22-6-9-8(17)4-10(23-9)16-5-7(2-3-14)11(18)15-12(16)19/h2-3,5,8-10,17H,4,6H2,1H3,(H,15,18,19)/t8?,9-,10-/m0/s1. The first kappa shape index (κ1) is 17.4. The van der Waals surface area contributed by atoms with E-state index in [1.807, 2.05) is 0 Å². The number of rotatable bonds is 4. The zero-order chi connectivity index (χ0) is 17.0. The van der Waals surface area contributed by atoms with E-state index < -0.39 is 35.8 Å². The first-order valence-electron chi connectivity index (χ1n) is 6.62. The van der Waals surface area contributed by atoms with Crippen LogP contribution in [-0.2, 0) is 14.2 Å². The minimum Gasteiger partial charge on any atom is -0.438 e. The van der Waals surface area contributed by atoms with E-state index in [1.54, 1.807) is 0 Å². The number of H-pyrrole nitrogens is 1. The largest absolute Gasteiger partial charge is 0.508 e. The molecule has 9 nitrogen and oxygen atoms in total. The van der Waals surface area contributed by atoms with E-state index >= 15 is 0 Å². The number of methoxy groups -OCH3 is 1. The average Bonchev–Trinajstić information content (AvgIpc) is 2.88. The molecule has 0 amide bonds. The van der Waals surface area contributed by atoms with Gasteiger partial charge in [0.25, 0.3) is 5.56 Å². The number of hydrogen-bond donors (Lipinski definition) is 2. The normalized spacial score (nSPS) is 24.0. The summed E-state index contributed by atoms with van der Waals surface area (Å²) < 4.78 is 15.8. The summed E-state index contributed by atoms with van der Waals surface area (Å²) in [5.74, 6) is 0. The highest BCUT2D eigenvalue weighted by molar-refractivity contribution is 9.11. The SMILES string of the molecule is COC(=O)OC[C@@H]1O[C@H](n2cc(C=CBr)c(=O)[nH]c2=O)CC1O. The third-order valence-electron chi connectivity index (χ3n) is 3.28. The van der Waals surface area contributed by atoms with Gasteiger partial charge in [-0.2, -0.15) is 0 Å². The second-order valence-electron chi connectivity index (χ2n) is 4.74. The molecule has 0 bridgehead atoms. The van der Waals surface area contributed by atoms with Gasteiger partial charge >= 0.3 is 11.8 Å². The van der Waals surface area contributed by atoms with Gasteiger partial charge in [-0.25, -0.2) is 9.59 Å². The van der Waals surface area contributed by atoms with Crippen molar-refractivity contribution >= 4 is 28.2 Å². The van der Waals surface area contributed by atoms with Gasteiger partial charge in [-0.15, -0.1) is 0 Å². The molecule has 1 unspecified atom stereocenters. The van der Waals surface area contributed by atoms with Crippen LogP contribution in [-0.4, -0.2) is 46.7 Å². The second kappa shape index (κ2) is 7.57. The first-order chi connectivity index (χ1) is 11.0. The second-order valence-corrected chi connectivity index (χ2v) is 5.27. The minimum absolute atomic E-state index is 0.110. The van der Waals surface area contributed by atoms with Crippen LogP contribution in [0.4, 0.5) is 4.79 Å². The Morgan fingerprint density at radius 3 is 3.00 bits per heavy atom. The fourth-order valence-electron chi connectivity index (χ4n) is 2.15. The molecule has 1 aliphatic heterocycles. The lowest BCUT2D eigenvalue weighted by Crippen LogP contribution is -2.33. The summed E-state index contributed by atoms with van der Waals surface area (Å²) in [4.78, 5) is 38.1. The summed E-state index contributed by atoms with van der Waals surface area (Å²) in [6, 6.07) is 0. The molecule has 10 heteroatoms.